The van der Waals surface area contributed by atoms with Crippen LogP contribution in [-0.4, -0.2) is 58.0 Å². The van der Waals surface area contributed by atoms with E-state index in [4.69, 9.17) is 21.1 Å². The molecule has 1 N–H and O–H groups in total. The van der Waals surface area contributed by atoms with Gasteiger partial charge in [-0.2, -0.15) is 0 Å². The first-order chi connectivity index (χ1) is 23.0. The molecule has 2 atom stereocenters. The van der Waals surface area contributed by atoms with Crippen molar-refractivity contribution in [1.82, 2.24) is 10.2 Å². The normalized spacial score (nSPS) is 12.5. The van der Waals surface area contributed by atoms with E-state index in [9.17, 15) is 18.0 Å². The van der Waals surface area contributed by atoms with Gasteiger partial charge in [-0.25, -0.2) is 8.42 Å². The quantitative estimate of drug-likeness (QED) is 0.142. The van der Waals surface area contributed by atoms with Crippen LogP contribution in [-0.2, 0) is 32.6 Å². The maximum absolute atomic E-state index is 14.6. The summed E-state index contributed by atoms with van der Waals surface area (Å²) in [7, 11) is -1.50. The molecule has 9 nitrogen and oxygen atoms in total. The first-order valence-electron chi connectivity index (χ1n) is 15.3. The number of carbonyl (C=O) groups excluding carboxylic acids is 2. The van der Waals surface area contributed by atoms with Crippen molar-refractivity contribution in [1.29, 1.82) is 0 Å². The molecule has 0 fully saturated rings. The fourth-order valence-corrected chi connectivity index (χ4v) is 6.84. The number of hydrogen-bond acceptors (Lipinski definition) is 6. The average Bonchev–Trinajstić information content (AvgIpc) is 3.09. The van der Waals surface area contributed by atoms with Crippen molar-refractivity contribution in [2.75, 3.05) is 25.1 Å². The molecule has 4 aromatic rings. The van der Waals surface area contributed by atoms with Gasteiger partial charge in [-0.15, -0.1) is 0 Å². The minimum Gasteiger partial charge on any atom is -0.493 e. The van der Waals surface area contributed by atoms with Gasteiger partial charge in [0.2, 0.25) is 11.8 Å². The summed E-state index contributed by atoms with van der Waals surface area (Å²) in [6.07, 6.45) is 0.910. The van der Waals surface area contributed by atoms with Crippen LogP contribution in [0.4, 0.5) is 5.69 Å². The molecule has 0 aliphatic rings. The van der Waals surface area contributed by atoms with Crippen LogP contribution in [0.5, 0.6) is 11.5 Å². The Kier molecular flexibility index (Phi) is 12.9. The zero-order valence-electron chi connectivity index (χ0n) is 27.2. The Balaban J connectivity index is 1.82. The zero-order valence-corrected chi connectivity index (χ0v) is 30.4. The first-order valence-corrected chi connectivity index (χ1v) is 18.0. The number of sulfonamides is 1. The van der Waals surface area contributed by atoms with Crippen molar-refractivity contribution < 1.29 is 27.5 Å². The molecule has 0 aliphatic heterocycles. The van der Waals surface area contributed by atoms with Gasteiger partial charge in [0.1, 0.15) is 12.6 Å². The number of methoxy groups -OCH3 is 2. The van der Waals surface area contributed by atoms with Gasteiger partial charge in [0.15, 0.2) is 11.5 Å². The lowest BCUT2D eigenvalue weighted by Crippen LogP contribution is -2.54. The van der Waals surface area contributed by atoms with Crippen LogP contribution >= 0.6 is 27.5 Å². The molecule has 254 valence electrons. The first kappa shape index (κ1) is 36.8. The summed E-state index contributed by atoms with van der Waals surface area (Å²) < 4.78 is 41.3. The lowest BCUT2D eigenvalue weighted by Gasteiger charge is -2.34. The minimum atomic E-state index is -4.36. The van der Waals surface area contributed by atoms with Gasteiger partial charge in [0.25, 0.3) is 10.0 Å². The topological polar surface area (TPSA) is 105 Å². The Hall–Kier alpha value is -4.06. The molecule has 0 spiro atoms. The molecule has 0 radical (unpaired) electrons. The summed E-state index contributed by atoms with van der Waals surface area (Å²) in [6.45, 7) is 3.32. The second kappa shape index (κ2) is 16.9. The Morgan fingerprint density at radius 3 is 2.12 bits per heavy atom. The van der Waals surface area contributed by atoms with E-state index >= 15 is 0 Å². The largest absolute Gasteiger partial charge is 0.493 e. The second-order valence-electron chi connectivity index (χ2n) is 11.2. The molecule has 12 heteroatoms. The highest BCUT2D eigenvalue weighted by Crippen LogP contribution is 2.33. The van der Waals surface area contributed by atoms with Crippen LogP contribution in [0.2, 0.25) is 5.02 Å². The number of anilines is 1. The molecule has 0 aliphatic carbocycles. The van der Waals surface area contributed by atoms with Crippen LogP contribution < -0.4 is 19.1 Å². The number of benzene rings is 4. The molecule has 0 unspecified atom stereocenters. The Labute approximate surface area is 296 Å². The van der Waals surface area contributed by atoms with Crippen LogP contribution in [0.25, 0.3) is 0 Å². The van der Waals surface area contributed by atoms with E-state index in [2.05, 4.69) is 21.2 Å². The van der Waals surface area contributed by atoms with E-state index < -0.39 is 28.5 Å². The van der Waals surface area contributed by atoms with Crippen molar-refractivity contribution in [2.24, 2.45) is 0 Å². The van der Waals surface area contributed by atoms with E-state index in [1.165, 1.54) is 49.5 Å². The highest BCUT2D eigenvalue weighted by molar-refractivity contribution is 9.10. The maximum Gasteiger partial charge on any atom is 0.264 e. The number of rotatable bonds is 15. The highest BCUT2D eigenvalue weighted by atomic mass is 79.9. The van der Waals surface area contributed by atoms with Crippen molar-refractivity contribution in [3.8, 4) is 11.5 Å². The van der Waals surface area contributed by atoms with Gasteiger partial charge in [0, 0.05) is 34.6 Å². The summed E-state index contributed by atoms with van der Waals surface area (Å²) in [4.78, 5) is 29.9. The lowest BCUT2D eigenvalue weighted by molar-refractivity contribution is -0.140. The Morgan fingerprint density at radius 2 is 1.52 bits per heavy atom. The summed E-state index contributed by atoms with van der Waals surface area (Å²) in [5.41, 5.74) is 1.83. The molecule has 4 aromatic carbocycles. The third-order valence-electron chi connectivity index (χ3n) is 7.87. The average molecular weight is 757 g/mol. The van der Waals surface area contributed by atoms with Crippen LogP contribution in [0, 0.1) is 0 Å². The number of amides is 2. The van der Waals surface area contributed by atoms with Gasteiger partial charge in [-0.1, -0.05) is 76.9 Å². The number of nitrogens with zero attached hydrogens (tertiary/aromatic N) is 2. The Morgan fingerprint density at radius 1 is 0.875 bits per heavy atom. The molecule has 0 saturated heterocycles. The molecule has 2 amide bonds. The zero-order chi connectivity index (χ0) is 34.8. The van der Waals surface area contributed by atoms with Crippen molar-refractivity contribution >= 4 is 55.1 Å². The standard InChI is InChI=1S/C36H39BrClN3O6S/c1-5-25(2)39-36(43)32(21-26-9-7-6-8-10-26)40(23-27-11-13-28(37)14-12-27)35(42)24-41(30-17-15-29(38)16-18-30)48(44,45)31-19-20-33(46-3)34(22-31)47-4/h6-20,22,25,32H,5,21,23-24H2,1-4H3,(H,39,43)/t25-,32-/m1/s1. The maximum atomic E-state index is 14.6. The molecule has 48 heavy (non-hydrogen) atoms. The molecule has 4 rings (SSSR count). The van der Waals surface area contributed by atoms with E-state index in [0.29, 0.717) is 17.2 Å². The predicted molar refractivity (Wildman–Crippen MR) is 192 cm³/mol. The van der Waals surface area contributed by atoms with Crippen LogP contribution in [0.15, 0.2) is 106 Å². The van der Waals surface area contributed by atoms with E-state index in [0.717, 1.165) is 19.9 Å². The number of hydrogen-bond donors (Lipinski definition) is 1. The van der Waals surface area contributed by atoms with Crippen molar-refractivity contribution in [3.05, 3.63) is 118 Å². The van der Waals surface area contributed by atoms with Gasteiger partial charge in [-0.05, 0) is 73.0 Å². The van der Waals surface area contributed by atoms with Gasteiger partial charge >= 0.3 is 0 Å². The molecule has 0 saturated carbocycles. The smallest absolute Gasteiger partial charge is 0.264 e. The fourth-order valence-electron chi connectivity index (χ4n) is 5.02. The summed E-state index contributed by atoms with van der Waals surface area (Å²) in [5.74, 6) is -0.346. The minimum absolute atomic E-state index is 0.0579. The van der Waals surface area contributed by atoms with Gasteiger partial charge in [0.05, 0.1) is 24.8 Å². The SMILES string of the molecule is CC[C@@H](C)NC(=O)[C@@H](Cc1ccccc1)N(Cc1ccc(Br)cc1)C(=O)CN(c1ccc(Cl)cc1)S(=O)(=O)c1ccc(OC)c(OC)c1. The third-order valence-corrected chi connectivity index (χ3v) is 10.4. The molecule has 0 heterocycles. The van der Waals surface area contributed by atoms with Crippen molar-refractivity contribution in [3.63, 3.8) is 0 Å². The number of nitrogens with one attached hydrogen (secondary N) is 1. The molecule has 0 bridgehead atoms. The molecule has 0 aromatic heterocycles. The van der Waals surface area contributed by atoms with Crippen LogP contribution in [0.3, 0.4) is 0 Å². The van der Waals surface area contributed by atoms with E-state index in [1.54, 1.807) is 12.1 Å². The second-order valence-corrected chi connectivity index (χ2v) is 14.4. The molecular weight excluding hydrogens is 718 g/mol. The summed E-state index contributed by atoms with van der Waals surface area (Å²) in [6, 6.07) is 26.1. The highest BCUT2D eigenvalue weighted by Gasteiger charge is 2.35. The van der Waals surface area contributed by atoms with E-state index in [-0.39, 0.29) is 41.2 Å². The number of ether oxygens (including phenoxy) is 2. The Bertz CT molecular complexity index is 1790. The van der Waals surface area contributed by atoms with Gasteiger partial charge in [-0.3, -0.25) is 13.9 Å². The molecular formula is C36H39BrClN3O6S. The van der Waals surface area contributed by atoms with Crippen LogP contribution in [0.1, 0.15) is 31.4 Å². The summed E-state index contributed by atoms with van der Waals surface area (Å²) >= 11 is 9.62. The summed E-state index contributed by atoms with van der Waals surface area (Å²) in [5, 5.41) is 3.44. The number of halogens is 2. The number of carbonyl (C=O) groups is 2. The van der Waals surface area contributed by atoms with E-state index in [1.807, 2.05) is 68.4 Å². The monoisotopic (exact) mass is 755 g/mol. The predicted octanol–water partition coefficient (Wildman–Crippen LogP) is 6.87. The van der Waals surface area contributed by atoms with Gasteiger partial charge < -0.3 is 19.7 Å². The third kappa shape index (κ3) is 9.30. The van der Waals surface area contributed by atoms with Crippen molar-refractivity contribution in [2.45, 2.75) is 50.2 Å². The fraction of sp³-hybridized carbons (Fsp3) is 0.278. The lowest BCUT2D eigenvalue weighted by atomic mass is 10.0.